The van der Waals surface area contributed by atoms with Crippen LogP contribution in [0.15, 0.2) is 42.5 Å². The monoisotopic (exact) mass is 374 g/mol. The van der Waals surface area contributed by atoms with Crippen LogP contribution in [0.3, 0.4) is 0 Å². The number of hydrogen-bond donors (Lipinski definition) is 1. The molecule has 1 fully saturated rings. The lowest BCUT2D eigenvalue weighted by molar-refractivity contribution is -0.131. The third-order valence-electron chi connectivity index (χ3n) is 4.66. The van der Waals surface area contributed by atoms with E-state index in [4.69, 9.17) is 0 Å². The molecule has 1 aliphatic rings. The van der Waals surface area contributed by atoms with E-state index in [1.165, 1.54) is 0 Å². The van der Waals surface area contributed by atoms with Crippen molar-refractivity contribution in [2.24, 2.45) is 5.92 Å². The van der Waals surface area contributed by atoms with Crippen LogP contribution in [0.2, 0.25) is 0 Å². The average molecular weight is 374 g/mol. The molecule has 2 aromatic carbocycles. The molecule has 0 radical (unpaired) electrons. The van der Waals surface area contributed by atoms with Crippen LogP contribution in [0, 0.1) is 5.92 Å². The first-order valence-electron chi connectivity index (χ1n) is 8.59. The molecule has 2 aromatic rings. The molecule has 6 nitrogen and oxygen atoms in total. The molecule has 1 heterocycles. The number of carbonyl (C=O) groups is 2. The maximum absolute atomic E-state index is 12.9. The lowest BCUT2D eigenvalue weighted by atomic mass is 9.89. The number of rotatable bonds is 5. The topological polar surface area (TPSA) is 83.6 Å². The minimum atomic E-state index is -3.42. The molecule has 138 valence electrons. The molecule has 1 saturated heterocycles. The minimum absolute atomic E-state index is 0.0318. The van der Waals surface area contributed by atoms with Gasteiger partial charge < -0.3 is 4.90 Å². The highest BCUT2D eigenvalue weighted by Crippen LogP contribution is 2.23. The van der Waals surface area contributed by atoms with Crippen LogP contribution < -0.4 is 4.72 Å². The molecule has 1 amide bonds. The quantitative estimate of drug-likeness (QED) is 0.809. The van der Waals surface area contributed by atoms with E-state index >= 15 is 0 Å². The van der Waals surface area contributed by atoms with Crippen molar-refractivity contribution >= 4 is 32.5 Å². The Labute approximate surface area is 153 Å². The Kier molecular flexibility index (Phi) is 5.38. The molecule has 0 unspecified atom stereocenters. The maximum atomic E-state index is 12.9. The predicted molar refractivity (Wildman–Crippen MR) is 100 cm³/mol. The summed E-state index contributed by atoms with van der Waals surface area (Å²) in [6.07, 6.45) is 2.48. The number of hydrogen-bond acceptors (Lipinski definition) is 4. The highest BCUT2D eigenvalue weighted by molar-refractivity contribution is 7.88. The zero-order valence-electron chi connectivity index (χ0n) is 14.6. The molecule has 1 aliphatic heterocycles. The third kappa shape index (κ3) is 4.47. The number of likely N-dealkylation sites (tertiary alicyclic amines) is 1. The first-order chi connectivity index (χ1) is 12.3. The van der Waals surface area contributed by atoms with Crippen LogP contribution in [0.4, 0.5) is 0 Å². The SMILES string of the molecule is CS(=O)(=O)NCC(=O)N1CCC[C@@H](C(=O)c2ccc3ccccc3c2)C1. The Bertz CT molecular complexity index is 939. The second kappa shape index (κ2) is 7.55. The summed E-state index contributed by atoms with van der Waals surface area (Å²) in [5.74, 6) is -0.525. The van der Waals surface area contributed by atoms with Crippen LogP contribution in [-0.2, 0) is 14.8 Å². The van der Waals surface area contributed by atoms with Crippen molar-refractivity contribution in [3.05, 3.63) is 48.0 Å². The van der Waals surface area contributed by atoms with Crippen molar-refractivity contribution in [2.45, 2.75) is 12.8 Å². The van der Waals surface area contributed by atoms with Gasteiger partial charge in [0, 0.05) is 24.6 Å². The molecule has 1 atom stereocenters. The second-order valence-electron chi connectivity index (χ2n) is 6.70. The molecule has 3 rings (SSSR count). The van der Waals surface area contributed by atoms with Gasteiger partial charge in [-0.1, -0.05) is 36.4 Å². The minimum Gasteiger partial charge on any atom is -0.341 e. The smallest absolute Gasteiger partial charge is 0.237 e. The summed E-state index contributed by atoms with van der Waals surface area (Å²) >= 11 is 0. The van der Waals surface area contributed by atoms with Crippen molar-refractivity contribution in [1.29, 1.82) is 0 Å². The van der Waals surface area contributed by atoms with Gasteiger partial charge in [-0.25, -0.2) is 13.1 Å². The molecular formula is C19H22N2O4S. The van der Waals surface area contributed by atoms with E-state index in [0.717, 1.165) is 29.9 Å². The Morgan fingerprint density at radius 2 is 1.88 bits per heavy atom. The number of amides is 1. The summed E-state index contributed by atoms with van der Waals surface area (Å²) in [5.41, 5.74) is 0.650. The number of ketones is 1. The fourth-order valence-electron chi connectivity index (χ4n) is 3.30. The van der Waals surface area contributed by atoms with E-state index in [1.54, 1.807) is 4.90 Å². The largest absolute Gasteiger partial charge is 0.341 e. The number of carbonyl (C=O) groups excluding carboxylic acids is 2. The summed E-state index contributed by atoms with van der Waals surface area (Å²) in [7, 11) is -3.42. The van der Waals surface area contributed by atoms with Gasteiger partial charge in [0.05, 0.1) is 12.8 Å². The van der Waals surface area contributed by atoms with Crippen molar-refractivity contribution in [3.8, 4) is 0 Å². The fourth-order valence-corrected chi connectivity index (χ4v) is 3.69. The summed E-state index contributed by atoms with van der Waals surface area (Å²) in [4.78, 5) is 26.7. The highest BCUT2D eigenvalue weighted by Gasteiger charge is 2.29. The number of sulfonamides is 1. The lowest BCUT2D eigenvalue weighted by Gasteiger charge is -2.32. The van der Waals surface area contributed by atoms with Crippen LogP contribution >= 0.6 is 0 Å². The van der Waals surface area contributed by atoms with Crippen molar-refractivity contribution < 1.29 is 18.0 Å². The zero-order valence-corrected chi connectivity index (χ0v) is 15.5. The number of Topliss-reactive ketones (excluding diaryl/α,β-unsaturated/α-hetero) is 1. The van der Waals surface area contributed by atoms with E-state index in [1.807, 2.05) is 42.5 Å². The lowest BCUT2D eigenvalue weighted by Crippen LogP contribution is -2.46. The van der Waals surface area contributed by atoms with Gasteiger partial charge >= 0.3 is 0 Å². The second-order valence-corrected chi connectivity index (χ2v) is 8.53. The predicted octanol–water partition coefficient (Wildman–Crippen LogP) is 1.81. The van der Waals surface area contributed by atoms with Gasteiger partial charge in [0.1, 0.15) is 0 Å². The number of fused-ring (bicyclic) bond motifs is 1. The summed E-state index contributed by atoms with van der Waals surface area (Å²) < 4.78 is 24.5. The molecule has 1 N–H and O–H groups in total. The Morgan fingerprint density at radius 3 is 2.62 bits per heavy atom. The molecule has 0 saturated carbocycles. The molecule has 0 spiro atoms. The van der Waals surface area contributed by atoms with Gasteiger partial charge in [-0.15, -0.1) is 0 Å². The zero-order chi connectivity index (χ0) is 18.7. The maximum Gasteiger partial charge on any atom is 0.237 e. The Balaban J connectivity index is 1.69. The summed E-state index contributed by atoms with van der Waals surface area (Å²) in [6, 6.07) is 13.5. The third-order valence-corrected chi connectivity index (χ3v) is 5.33. The van der Waals surface area contributed by atoms with Gasteiger partial charge in [0.15, 0.2) is 5.78 Å². The van der Waals surface area contributed by atoms with Gasteiger partial charge in [-0.2, -0.15) is 0 Å². The van der Waals surface area contributed by atoms with Crippen molar-refractivity contribution in [1.82, 2.24) is 9.62 Å². The first kappa shape index (κ1) is 18.5. The Morgan fingerprint density at radius 1 is 1.15 bits per heavy atom. The van der Waals surface area contributed by atoms with Crippen LogP contribution in [0.25, 0.3) is 10.8 Å². The van der Waals surface area contributed by atoms with Gasteiger partial charge in [0.25, 0.3) is 0 Å². The Hall–Kier alpha value is -2.25. The molecule has 26 heavy (non-hydrogen) atoms. The molecular weight excluding hydrogens is 352 g/mol. The molecule has 0 bridgehead atoms. The van der Waals surface area contributed by atoms with Crippen LogP contribution in [0.5, 0.6) is 0 Å². The van der Waals surface area contributed by atoms with Crippen LogP contribution in [0.1, 0.15) is 23.2 Å². The first-order valence-corrected chi connectivity index (χ1v) is 10.5. The van der Waals surface area contributed by atoms with Gasteiger partial charge in [0.2, 0.25) is 15.9 Å². The van der Waals surface area contributed by atoms with E-state index in [2.05, 4.69) is 4.72 Å². The van der Waals surface area contributed by atoms with Crippen LogP contribution in [-0.4, -0.2) is 50.9 Å². The fraction of sp³-hybridized carbons (Fsp3) is 0.368. The van der Waals surface area contributed by atoms with E-state index in [9.17, 15) is 18.0 Å². The van der Waals surface area contributed by atoms with Crippen molar-refractivity contribution in [3.63, 3.8) is 0 Å². The average Bonchev–Trinajstić information content (AvgIpc) is 2.64. The summed E-state index contributed by atoms with van der Waals surface area (Å²) in [6.45, 7) is 0.609. The number of piperidine rings is 1. The summed E-state index contributed by atoms with van der Waals surface area (Å²) in [5, 5.41) is 2.09. The molecule has 7 heteroatoms. The van der Waals surface area contributed by atoms with E-state index in [-0.39, 0.29) is 24.2 Å². The molecule has 0 aromatic heterocycles. The van der Waals surface area contributed by atoms with Gasteiger partial charge in [-0.3, -0.25) is 9.59 Å². The number of benzene rings is 2. The van der Waals surface area contributed by atoms with E-state index in [0.29, 0.717) is 18.7 Å². The number of nitrogens with one attached hydrogen (secondary N) is 1. The van der Waals surface area contributed by atoms with Gasteiger partial charge in [-0.05, 0) is 29.7 Å². The number of nitrogens with zero attached hydrogens (tertiary/aromatic N) is 1. The van der Waals surface area contributed by atoms with Crippen molar-refractivity contribution in [2.75, 3.05) is 25.9 Å². The normalized spacial score (nSPS) is 18.0. The van der Waals surface area contributed by atoms with E-state index < -0.39 is 10.0 Å². The highest BCUT2D eigenvalue weighted by atomic mass is 32.2. The molecule has 0 aliphatic carbocycles. The standard InChI is InChI=1S/C19H22N2O4S/c1-26(24,25)20-12-18(22)21-10-4-7-17(13-21)19(23)16-9-8-14-5-2-3-6-15(14)11-16/h2-3,5-6,8-9,11,17,20H,4,7,10,12-13H2,1H3/t17-/m1/s1.